The molecule has 0 aliphatic carbocycles. The van der Waals surface area contributed by atoms with Gasteiger partial charge in [-0.1, -0.05) is 182 Å². The Bertz CT molecular complexity index is 849. The number of carbonyl (C=O) groups is 3. The van der Waals surface area contributed by atoms with E-state index in [2.05, 4.69) is 44.8 Å². The van der Waals surface area contributed by atoms with Crippen LogP contribution in [-0.2, 0) is 23.9 Å². The van der Waals surface area contributed by atoms with E-state index in [1.807, 2.05) is 14.1 Å². The predicted molar refractivity (Wildman–Crippen MR) is 248 cm³/mol. The van der Waals surface area contributed by atoms with Gasteiger partial charge in [0.1, 0.15) is 0 Å². The van der Waals surface area contributed by atoms with Gasteiger partial charge in [-0.15, -0.1) is 0 Å². The Morgan fingerprint density at radius 3 is 1.07 bits per heavy atom. The largest absolute Gasteiger partial charge is 0.466 e. The highest BCUT2D eigenvalue weighted by atomic mass is 16.5. The van der Waals surface area contributed by atoms with Crippen molar-refractivity contribution in [2.75, 3.05) is 27.3 Å². The predicted octanol–water partition coefficient (Wildman–Crippen LogP) is 14.5. The molecule has 58 heavy (non-hydrogen) atoms. The summed E-state index contributed by atoms with van der Waals surface area (Å²) in [6.45, 7) is 12.2. The maximum Gasteiger partial charge on any atom is 0.306 e. The van der Waals surface area contributed by atoms with E-state index >= 15 is 0 Å². The minimum Gasteiger partial charge on any atom is -0.466 e. The number of carbonyl (C=O) groups excluding carboxylic acids is 3. The number of nitrogens with zero attached hydrogens (tertiary/aromatic N) is 1. The molecule has 1 unspecified atom stereocenters. The van der Waals surface area contributed by atoms with Crippen LogP contribution in [0.3, 0.4) is 0 Å². The fraction of sp³-hybridized carbons (Fsp3) is 0.941. The first-order valence-electron chi connectivity index (χ1n) is 25.4. The Kier molecular flexibility index (Phi) is 40.9. The molecule has 0 spiro atoms. The fourth-order valence-corrected chi connectivity index (χ4v) is 8.17. The molecule has 0 saturated heterocycles. The third-order valence-corrected chi connectivity index (χ3v) is 12.4. The number of rotatable bonds is 44. The lowest BCUT2D eigenvalue weighted by Crippen LogP contribution is -2.38. The average Bonchev–Trinajstić information content (AvgIpc) is 3.19. The van der Waals surface area contributed by atoms with Gasteiger partial charge in [-0.05, 0) is 84.2 Å². The van der Waals surface area contributed by atoms with E-state index in [-0.39, 0.29) is 29.9 Å². The average molecular weight is 821 g/mol. The number of hydrogen-bond donors (Lipinski definition) is 1. The summed E-state index contributed by atoms with van der Waals surface area (Å²) < 4.78 is 11.3. The molecular formula is C51H100N2O5. The van der Waals surface area contributed by atoms with Crippen molar-refractivity contribution in [3.8, 4) is 0 Å². The molecule has 0 saturated carbocycles. The lowest BCUT2D eigenvalue weighted by Gasteiger charge is -2.23. The van der Waals surface area contributed by atoms with Crippen molar-refractivity contribution < 1.29 is 23.9 Å². The molecule has 344 valence electrons. The van der Waals surface area contributed by atoms with Gasteiger partial charge >= 0.3 is 11.9 Å². The summed E-state index contributed by atoms with van der Waals surface area (Å²) >= 11 is 0. The second-order valence-corrected chi connectivity index (χ2v) is 18.4. The topological polar surface area (TPSA) is 84.9 Å². The zero-order valence-corrected chi connectivity index (χ0v) is 40.0. The zero-order valence-electron chi connectivity index (χ0n) is 40.0. The van der Waals surface area contributed by atoms with E-state index < -0.39 is 0 Å². The lowest BCUT2D eigenvalue weighted by atomic mass is 9.92. The van der Waals surface area contributed by atoms with Crippen LogP contribution in [0.5, 0.6) is 0 Å². The smallest absolute Gasteiger partial charge is 0.306 e. The van der Waals surface area contributed by atoms with Gasteiger partial charge in [-0.25, -0.2) is 0 Å². The Hall–Kier alpha value is -1.63. The monoisotopic (exact) mass is 821 g/mol. The van der Waals surface area contributed by atoms with Crippen molar-refractivity contribution in [1.82, 2.24) is 10.2 Å². The van der Waals surface area contributed by atoms with Crippen LogP contribution in [0.15, 0.2) is 0 Å². The second kappa shape index (κ2) is 42.1. The minimum absolute atomic E-state index is 0.0106. The zero-order chi connectivity index (χ0) is 42.9. The summed E-state index contributed by atoms with van der Waals surface area (Å²) in [4.78, 5) is 40.0. The van der Waals surface area contributed by atoms with Gasteiger partial charge in [-0.3, -0.25) is 14.4 Å². The molecule has 0 aromatic heterocycles. The number of esters is 2. The fourth-order valence-electron chi connectivity index (χ4n) is 8.17. The first-order chi connectivity index (χ1) is 28.2. The summed E-state index contributed by atoms with van der Waals surface area (Å²) in [7, 11) is 4.08. The molecule has 1 N–H and O–H groups in total. The van der Waals surface area contributed by atoms with Gasteiger partial charge in [0, 0.05) is 31.3 Å². The van der Waals surface area contributed by atoms with Crippen molar-refractivity contribution in [1.29, 1.82) is 0 Å². The molecule has 1 atom stereocenters. The standard InChI is InChI=1S/C51H100N2O5/c1-8-12-26-34-46(35-27-13-9-2)43-50(55)57-40-32-24-20-16-18-22-30-38-48(52-49(54)42-45(5)53(6)7)39-31-23-19-17-21-25-33-41-58-51(56)44-47(36-28-14-10-3)37-29-15-11-4/h45-48H,8-44H2,1-7H3,(H,52,54). The van der Waals surface area contributed by atoms with E-state index in [4.69, 9.17) is 9.47 Å². The molecule has 0 radical (unpaired) electrons. The molecule has 0 aliphatic heterocycles. The molecule has 7 heteroatoms. The van der Waals surface area contributed by atoms with Crippen molar-refractivity contribution >= 4 is 17.8 Å². The van der Waals surface area contributed by atoms with Gasteiger partial charge in [0.2, 0.25) is 5.91 Å². The van der Waals surface area contributed by atoms with Gasteiger partial charge in [0.15, 0.2) is 0 Å². The lowest BCUT2D eigenvalue weighted by molar-refractivity contribution is -0.146. The van der Waals surface area contributed by atoms with Crippen LogP contribution in [0.1, 0.15) is 259 Å². The highest BCUT2D eigenvalue weighted by Gasteiger charge is 2.17. The Balaban J connectivity index is 4.28. The molecule has 0 fully saturated rings. The first kappa shape index (κ1) is 56.4. The van der Waals surface area contributed by atoms with Crippen molar-refractivity contribution in [3.63, 3.8) is 0 Å². The Labute approximate surface area is 361 Å². The SMILES string of the molecule is CCCCCC(CCCCC)CC(=O)OCCCCCCCCCC(CCCCCCCCCOC(=O)CC(CCCCC)CCCCC)NC(=O)CC(C)N(C)C. The van der Waals surface area contributed by atoms with Crippen molar-refractivity contribution in [2.24, 2.45) is 11.8 Å². The van der Waals surface area contributed by atoms with E-state index in [0.717, 1.165) is 77.0 Å². The molecule has 0 aromatic rings. The third kappa shape index (κ3) is 37.4. The van der Waals surface area contributed by atoms with Crippen molar-refractivity contribution in [3.05, 3.63) is 0 Å². The van der Waals surface area contributed by atoms with Gasteiger partial charge < -0.3 is 19.7 Å². The summed E-state index contributed by atoms with van der Waals surface area (Å²) in [5, 5.41) is 3.40. The Morgan fingerprint density at radius 2 is 0.741 bits per heavy atom. The van der Waals surface area contributed by atoms with Crippen LogP contribution in [0.4, 0.5) is 0 Å². The third-order valence-electron chi connectivity index (χ3n) is 12.4. The van der Waals surface area contributed by atoms with Gasteiger partial charge in [0.25, 0.3) is 0 Å². The number of hydrogen-bond acceptors (Lipinski definition) is 6. The number of unbranched alkanes of at least 4 members (excludes halogenated alkanes) is 20. The molecule has 0 rings (SSSR count). The quantitative estimate of drug-likeness (QED) is 0.0487. The maximum atomic E-state index is 12.9. The van der Waals surface area contributed by atoms with Crippen LogP contribution < -0.4 is 5.32 Å². The summed E-state index contributed by atoms with van der Waals surface area (Å²) in [6, 6.07) is 0.501. The van der Waals surface area contributed by atoms with Crippen LogP contribution >= 0.6 is 0 Å². The number of amides is 1. The second-order valence-electron chi connectivity index (χ2n) is 18.4. The molecular weight excluding hydrogens is 721 g/mol. The number of nitrogens with one attached hydrogen (secondary N) is 1. The van der Waals surface area contributed by atoms with E-state index in [0.29, 0.717) is 44.3 Å². The van der Waals surface area contributed by atoms with E-state index in [1.54, 1.807) is 0 Å². The summed E-state index contributed by atoms with van der Waals surface area (Å²) in [5.74, 6) is 1.19. The molecule has 0 aliphatic rings. The van der Waals surface area contributed by atoms with Crippen LogP contribution in [0.2, 0.25) is 0 Å². The summed E-state index contributed by atoms with van der Waals surface area (Å²) in [6.07, 6.45) is 39.6. The molecule has 7 nitrogen and oxygen atoms in total. The highest BCUT2D eigenvalue weighted by molar-refractivity contribution is 5.76. The van der Waals surface area contributed by atoms with Crippen LogP contribution in [0, 0.1) is 11.8 Å². The van der Waals surface area contributed by atoms with Crippen LogP contribution in [0.25, 0.3) is 0 Å². The molecule has 0 aromatic carbocycles. The maximum absolute atomic E-state index is 12.9. The molecule has 0 bridgehead atoms. The normalized spacial score (nSPS) is 12.3. The van der Waals surface area contributed by atoms with E-state index in [1.165, 1.54) is 128 Å². The van der Waals surface area contributed by atoms with Crippen molar-refractivity contribution in [2.45, 2.75) is 271 Å². The first-order valence-corrected chi connectivity index (χ1v) is 25.4. The summed E-state index contributed by atoms with van der Waals surface area (Å²) in [5.41, 5.74) is 0. The Morgan fingerprint density at radius 1 is 0.431 bits per heavy atom. The van der Waals surface area contributed by atoms with E-state index in [9.17, 15) is 14.4 Å². The van der Waals surface area contributed by atoms with Gasteiger partial charge in [-0.2, -0.15) is 0 Å². The number of ether oxygens (including phenoxy) is 2. The molecule has 1 amide bonds. The highest BCUT2D eigenvalue weighted by Crippen LogP contribution is 2.23. The molecule has 0 heterocycles. The van der Waals surface area contributed by atoms with Gasteiger partial charge in [0.05, 0.1) is 13.2 Å². The van der Waals surface area contributed by atoms with Crippen LogP contribution in [-0.4, -0.2) is 62.1 Å². The minimum atomic E-state index is 0.0106.